The highest BCUT2D eigenvalue weighted by Crippen LogP contribution is 2.26. The van der Waals surface area contributed by atoms with Crippen molar-refractivity contribution in [3.63, 3.8) is 0 Å². The van der Waals surface area contributed by atoms with E-state index in [4.69, 9.17) is 18.9 Å². The van der Waals surface area contributed by atoms with Crippen LogP contribution in [0.4, 0.5) is 0 Å². The summed E-state index contributed by atoms with van der Waals surface area (Å²) in [5, 5.41) is 30.7. The first kappa shape index (κ1) is 62.3. The molecule has 67 heavy (non-hydrogen) atoms. The lowest BCUT2D eigenvalue weighted by atomic mass is 9.99. The van der Waals surface area contributed by atoms with Gasteiger partial charge in [-0.3, -0.25) is 9.35 Å². The van der Waals surface area contributed by atoms with Gasteiger partial charge in [0.2, 0.25) is 0 Å². The van der Waals surface area contributed by atoms with E-state index in [1.807, 2.05) is 0 Å². The standard InChI is InChI=1S/C54H92O12S/c1-3-5-7-9-11-13-15-17-19-20-21-22-23-24-25-26-27-28-29-30-32-34-36-38-40-42-44-62-46-48(47-63-54-52(58)53(66-67(59,60)61)51(57)49(45-55)65-54)64-50(56)43-41-39-37-35-33-31-18-16-14-12-10-8-6-4-2/h5,7,10-13,16-19,21-22,24-25,48-49,51-55,57-58H,3-4,6,8-9,14-15,20,23,26-47H2,1-2H3,(H,59,60,61)/b7-5-,12-10-,13-11-,18-16-,19-17-,22-21-,25-24-. The lowest BCUT2D eigenvalue weighted by Crippen LogP contribution is -2.60. The van der Waals surface area contributed by atoms with Crippen molar-refractivity contribution in [2.75, 3.05) is 26.4 Å². The minimum Gasteiger partial charge on any atom is -0.457 e. The van der Waals surface area contributed by atoms with Crippen molar-refractivity contribution >= 4 is 16.4 Å². The first-order valence-electron chi connectivity index (χ1n) is 25.8. The average Bonchev–Trinajstić information content (AvgIpc) is 3.30. The van der Waals surface area contributed by atoms with Gasteiger partial charge in [0.25, 0.3) is 0 Å². The third-order valence-corrected chi connectivity index (χ3v) is 11.7. The number of carbonyl (C=O) groups excluding carboxylic acids is 1. The van der Waals surface area contributed by atoms with Gasteiger partial charge in [0.1, 0.15) is 30.5 Å². The monoisotopic (exact) mass is 965 g/mol. The minimum atomic E-state index is -5.07. The second-order valence-electron chi connectivity index (χ2n) is 17.4. The molecule has 1 saturated heterocycles. The van der Waals surface area contributed by atoms with Crippen molar-refractivity contribution in [1.29, 1.82) is 0 Å². The maximum Gasteiger partial charge on any atom is 0.397 e. The fourth-order valence-electron chi connectivity index (χ4n) is 7.36. The van der Waals surface area contributed by atoms with Crippen molar-refractivity contribution < 1.29 is 56.2 Å². The number of carbonyl (C=O) groups is 1. The van der Waals surface area contributed by atoms with E-state index in [0.29, 0.717) is 13.0 Å². The molecule has 1 aliphatic heterocycles. The van der Waals surface area contributed by atoms with E-state index in [2.05, 4.69) is 103 Å². The van der Waals surface area contributed by atoms with Gasteiger partial charge in [-0.25, -0.2) is 4.18 Å². The van der Waals surface area contributed by atoms with Crippen molar-refractivity contribution in [2.24, 2.45) is 0 Å². The van der Waals surface area contributed by atoms with Crippen molar-refractivity contribution in [3.05, 3.63) is 85.1 Å². The van der Waals surface area contributed by atoms with E-state index in [1.54, 1.807) is 0 Å². The third-order valence-electron chi connectivity index (χ3n) is 11.3. The molecule has 0 aromatic carbocycles. The molecule has 6 unspecified atom stereocenters. The van der Waals surface area contributed by atoms with E-state index < -0.39 is 59.8 Å². The Kier molecular flexibility index (Phi) is 41.4. The third kappa shape index (κ3) is 37.8. The number of ether oxygens (including phenoxy) is 4. The second-order valence-corrected chi connectivity index (χ2v) is 18.4. The zero-order chi connectivity index (χ0) is 48.9. The van der Waals surface area contributed by atoms with Gasteiger partial charge >= 0.3 is 16.4 Å². The van der Waals surface area contributed by atoms with Gasteiger partial charge in [0, 0.05) is 13.0 Å². The van der Waals surface area contributed by atoms with Gasteiger partial charge in [-0.1, -0.05) is 182 Å². The molecule has 13 heteroatoms. The van der Waals surface area contributed by atoms with Gasteiger partial charge < -0.3 is 34.3 Å². The number of unbranched alkanes of at least 4 members (excludes halogenated alkanes) is 17. The summed E-state index contributed by atoms with van der Waals surface area (Å²) in [4.78, 5) is 12.9. The van der Waals surface area contributed by atoms with Crippen LogP contribution in [0.25, 0.3) is 0 Å². The SMILES string of the molecule is CC/C=C\C/C=C\C/C=C\C/C=C\C/C=C\CCCCCCCCCCCCOCC(COC1OC(CO)C(O)C(OS(=O)(=O)O)C1O)OC(=O)CCCCCCC/C=C\C/C=C\CCCC. The van der Waals surface area contributed by atoms with Crippen LogP contribution in [0.1, 0.15) is 187 Å². The molecule has 0 amide bonds. The Morgan fingerprint density at radius 2 is 1.03 bits per heavy atom. The quantitative estimate of drug-likeness (QED) is 0.0197. The predicted molar refractivity (Wildman–Crippen MR) is 271 cm³/mol. The Balaban J connectivity index is 2.33. The molecule has 6 atom stereocenters. The lowest BCUT2D eigenvalue weighted by Gasteiger charge is -2.41. The van der Waals surface area contributed by atoms with Crippen LogP contribution in [-0.2, 0) is 38.3 Å². The highest BCUT2D eigenvalue weighted by Gasteiger charge is 2.48. The zero-order valence-electron chi connectivity index (χ0n) is 41.4. The number of hydrogen-bond donors (Lipinski definition) is 4. The van der Waals surface area contributed by atoms with Gasteiger partial charge in [0.05, 0.1) is 19.8 Å². The highest BCUT2D eigenvalue weighted by atomic mass is 32.3. The molecule has 386 valence electrons. The fourth-order valence-corrected chi connectivity index (χ4v) is 7.87. The normalized spacial score (nSPS) is 20.1. The average molecular weight is 965 g/mol. The first-order chi connectivity index (χ1) is 32.6. The molecule has 1 rings (SSSR count). The zero-order valence-corrected chi connectivity index (χ0v) is 42.2. The van der Waals surface area contributed by atoms with Gasteiger partial charge in [-0.2, -0.15) is 8.42 Å². The van der Waals surface area contributed by atoms with Crippen LogP contribution in [0.3, 0.4) is 0 Å². The summed E-state index contributed by atoms with van der Waals surface area (Å²) in [6.07, 6.45) is 50.4. The number of esters is 1. The van der Waals surface area contributed by atoms with E-state index in [0.717, 1.165) is 103 Å². The molecule has 0 bridgehead atoms. The summed E-state index contributed by atoms with van der Waals surface area (Å²) in [7, 11) is -5.07. The summed E-state index contributed by atoms with van der Waals surface area (Å²) < 4.78 is 59.2. The summed E-state index contributed by atoms with van der Waals surface area (Å²) >= 11 is 0. The van der Waals surface area contributed by atoms with E-state index in [1.165, 1.54) is 57.8 Å². The second kappa shape index (κ2) is 44.5. The molecule has 12 nitrogen and oxygen atoms in total. The van der Waals surface area contributed by atoms with Crippen molar-refractivity contribution in [3.8, 4) is 0 Å². The Morgan fingerprint density at radius 1 is 0.582 bits per heavy atom. The molecule has 0 aromatic rings. The van der Waals surface area contributed by atoms with E-state index in [-0.39, 0.29) is 19.6 Å². The van der Waals surface area contributed by atoms with Crippen molar-refractivity contribution in [1.82, 2.24) is 0 Å². The highest BCUT2D eigenvalue weighted by molar-refractivity contribution is 7.80. The molecule has 0 saturated carbocycles. The topological polar surface area (TPSA) is 178 Å². The first-order valence-corrected chi connectivity index (χ1v) is 27.2. The van der Waals surface area contributed by atoms with Gasteiger partial charge in [-0.15, -0.1) is 0 Å². The maximum atomic E-state index is 12.9. The molecule has 1 aliphatic rings. The smallest absolute Gasteiger partial charge is 0.397 e. The van der Waals surface area contributed by atoms with Crippen LogP contribution >= 0.6 is 0 Å². The van der Waals surface area contributed by atoms with Crippen LogP contribution in [0.5, 0.6) is 0 Å². The van der Waals surface area contributed by atoms with Crippen molar-refractivity contribution in [2.45, 2.75) is 224 Å². The molecule has 0 aliphatic carbocycles. The molecule has 0 radical (unpaired) electrons. The fraction of sp³-hybridized carbons (Fsp3) is 0.722. The molecule has 1 fully saturated rings. The predicted octanol–water partition coefficient (Wildman–Crippen LogP) is 12.0. The van der Waals surface area contributed by atoms with E-state index in [9.17, 15) is 33.1 Å². The van der Waals surface area contributed by atoms with E-state index >= 15 is 0 Å². The van der Waals surface area contributed by atoms with Crippen LogP contribution in [0, 0.1) is 0 Å². The molecule has 4 N–H and O–H groups in total. The minimum absolute atomic E-state index is 0.0225. The summed E-state index contributed by atoms with van der Waals surface area (Å²) in [5.74, 6) is -0.418. The molecule has 0 aromatic heterocycles. The number of allylic oxidation sites excluding steroid dienone is 14. The summed E-state index contributed by atoms with van der Waals surface area (Å²) in [6.45, 7) is 3.80. The Bertz CT molecular complexity index is 1490. The number of rotatable bonds is 44. The molecular formula is C54H92O12S. The Labute approximate surface area is 406 Å². The lowest BCUT2D eigenvalue weighted by molar-refractivity contribution is -0.301. The number of hydrogen-bond acceptors (Lipinski definition) is 11. The van der Waals surface area contributed by atoms with Crippen LogP contribution in [0.2, 0.25) is 0 Å². The Morgan fingerprint density at radius 3 is 1.51 bits per heavy atom. The number of aliphatic hydroxyl groups is 3. The van der Waals surface area contributed by atoms with Gasteiger partial charge in [-0.05, 0) is 83.5 Å². The molecule has 0 spiro atoms. The largest absolute Gasteiger partial charge is 0.457 e. The molecular weight excluding hydrogens is 873 g/mol. The van der Waals surface area contributed by atoms with Crippen LogP contribution in [-0.4, -0.2) is 97.5 Å². The van der Waals surface area contributed by atoms with Crippen LogP contribution < -0.4 is 0 Å². The van der Waals surface area contributed by atoms with Crippen LogP contribution in [0.15, 0.2) is 85.1 Å². The summed E-state index contributed by atoms with van der Waals surface area (Å²) in [6, 6.07) is 0. The van der Waals surface area contributed by atoms with Gasteiger partial charge in [0.15, 0.2) is 6.29 Å². The maximum absolute atomic E-state index is 12.9. The summed E-state index contributed by atoms with van der Waals surface area (Å²) in [5.41, 5.74) is 0. The number of aliphatic hydroxyl groups excluding tert-OH is 3. The Hall–Kier alpha value is -2.72. The molecule has 1 heterocycles.